The Kier molecular flexibility index (Phi) is 45.2. The number of hydrogen-bond donors (Lipinski definition) is 8. The molecule has 0 saturated heterocycles. The van der Waals surface area contributed by atoms with Crippen molar-refractivity contribution < 1.29 is 159 Å². The lowest BCUT2D eigenvalue weighted by Gasteiger charge is -2.16. The van der Waals surface area contributed by atoms with E-state index >= 15 is 0 Å². The maximum absolute atomic E-state index is 11.4. The minimum Gasteiger partial charge on any atom is -0.450 e. The topological polar surface area (TPSA) is 501 Å². The minimum atomic E-state index is -1.39. The van der Waals surface area contributed by atoms with Crippen molar-refractivity contribution in [1.82, 2.24) is 26.6 Å². The molecule has 0 spiro atoms. The van der Waals surface area contributed by atoms with Crippen LogP contribution in [0.25, 0.3) is 0 Å². The second kappa shape index (κ2) is 53.9. The van der Waals surface area contributed by atoms with Gasteiger partial charge in [-0.25, -0.2) is 19.4 Å². The molecule has 4 aliphatic rings. The highest BCUT2D eigenvalue weighted by Crippen LogP contribution is 2.22. The molecule has 0 bridgehead atoms. The first-order valence-electron chi connectivity index (χ1n) is 29.4. The largest absolute Gasteiger partial charge is 0.450 e. The van der Waals surface area contributed by atoms with Crippen molar-refractivity contribution in [3.63, 3.8) is 0 Å². The number of nitrogens with one attached hydrogen (secondary N) is 6. The number of carbonyl (C=O) groups excluding carboxylic acids is 6. The average molecular weight is 1580 g/mol. The van der Waals surface area contributed by atoms with Crippen LogP contribution < -0.4 is 43.6 Å². The summed E-state index contributed by atoms with van der Waals surface area (Å²) in [5, 5.41) is 102. The number of nitro groups is 1. The Labute approximate surface area is 594 Å². The fourth-order valence-electron chi connectivity index (χ4n) is 8.05. The summed E-state index contributed by atoms with van der Waals surface area (Å²) in [5.74, 6) is 5.13. The van der Waals surface area contributed by atoms with E-state index in [4.69, 9.17) is 16.3 Å². The van der Waals surface area contributed by atoms with Crippen molar-refractivity contribution in [2.75, 3.05) is 57.9 Å². The number of nitrogens with zero attached hydrogens (tertiary/aromatic N) is 1. The number of hydrogen-bond acceptors (Lipinski definition) is 36. The van der Waals surface area contributed by atoms with Crippen LogP contribution in [0.2, 0.25) is 0 Å². The van der Waals surface area contributed by atoms with Crippen LogP contribution in [0.3, 0.4) is 0 Å². The maximum Gasteiger partial charge on any atom is 0.438 e. The lowest BCUT2D eigenvalue weighted by molar-refractivity contribution is -0.899. The molecule has 0 atom stereocenters. The van der Waals surface area contributed by atoms with Gasteiger partial charge in [0.2, 0.25) is 0 Å². The zero-order valence-corrected chi connectivity index (χ0v) is 56.4. The van der Waals surface area contributed by atoms with Crippen LogP contribution >= 0.6 is 34.2 Å². The second-order valence-corrected chi connectivity index (χ2v) is 20.3. The smallest absolute Gasteiger partial charge is 0.438 e. The number of fused-ring (bicyclic) bond motifs is 4. The van der Waals surface area contributed by atoms with Crippen LogP contribution in [0, 0.1) is 13.7 Å². The average Bonchev–Trinajstić information content (AvgIpc) is 0.845. The zero-order valence-electron chi connectivity index (χ0n) is 53.5. The lowest BCUT2D eigenvalue weighted by atomic mass is 10.00. The van der Waals surface area contributed by atoms with Crippen LogP contribution in [0.4, 0.5) is 21.0 Å². The van der Waals surface area contributed by atoms with Crippen LogP contribution in [-0.4, -0.2) is 92.6 Å². The monoisotopic (exact) mass is 1580 g/mol. The Balaban J connectivity index is 0.000000261. The normalized spacial score (nSPS) is 12.6. The van der Waals surface area contributed by atoms with E-state index in [1.165, 1.54) is 28.8 Å². The number of hydrazine groups is 1. The third kappa shape index (κ3) is 37.2. The second-order valence-electron chi connectivity index (χ2n) is 18.7. The fraction of sp³-hybridized carbons (Fsp3) is 0.276. The molecule has 4 aliphatic heterocycles. The summed E-state index contributed by atoms with van der Waals surface area (Å²) in [7, 11) is 0. The molecule has 42 nitrogen and oxygen atoms in total. The number of non-ortho nitro benzene ring substituents is 1. The first-order valence-corrected chi connectivity index (χ1v) is 30.8. The molecule has 10 rings (SSSR count). The van der Waals surface area contributed by atoms with Gasteiger partial charge in [-0.15, -0.1) is 0 Å². The van der Waals surface area contributed by atoms with E-state index < -0.39 is 10.4 Å². The molecule has 10 N–H and O–H groups in total. The molecule has 0 radical (unpaired) electrons. The first kappa shape index (κ1) is 85.6. The van der Waals surface area contributed by atoms with Crippen molar-refractivity contribution in [2.45, 2.75) is 52.4 Å². The number of benzene rings is 6. The molecule has 556 valence electrons. The number of alkyl carbamates (subject to hydrolysis) is 1. The van der Waals surface area contributed by atoms with Crippen molar-refractivity contribution in [3.8, 4) is 0 Å². The maximum atomic E-state index is 11.4. The fourth-order valence-corrected chi connectivity index (χ4v) is 8.56. The van der Waals surface area contributed by atoms with E-state index in [0.29, 0.717) is 25.3 Å². The number of anilines is 1. The van der Waals surface area contributed by atoms with Gasteiger partial charge in [-0.3, -0.25) is 35.1 Å². The summed E-state index contributed by atoms with van der Waals surface area (Å²) in [4.78, 5) is 83.7. The number of nitro benzene ring substituents is 1. The molecule has 0 aromatic heterocycles. The molecule has 44 heteroatoms. The number of carbonyl (C=O) groups is 6. The van der Waals surface area contributed by atoms with Crippen molar-refractivity contribution >= 4 is 80.7 Å². The van der Waals surface area contributed by atoms with Crippen molar-refractivity contribution in [2.24, 2.45) is 11.6 Å². The third-order valence-electron chi connectivity index (χ3n) is 12.3. The number of rotatable bonds is 32. The zero-order chi connectivity index (χ0) is 73.6. The van der Waals surface area contributed by atoms with Crippen molar-refractivity contribution in [3.05, 3.63) is 209 Å². The van der Waals surface area contributed by atoms with Gasteiger partial charge >= 0.3 is 11.5 Å². The predicted octanol–water partition coefficient (Wildman–Crippen LogP) is 6.66. The Morgan fingerprint density at radius 3 is 1.31 bits per heavy atom. The Morgan fingerprint density at radius 2 is 0.882 bits per heavy atom. The number of amides is 5. The van der Waals surface area contributed by atoms with Gasteiger partial charge in [-0.2, -0.15) is 0 Å². The van der Waals surface area contributed by atoms with Crippen molar-refractivity contribution in [1.29, 1.82) is 0 Å². The molecule has 0 aliphatic carbocycles. The molecule has 0 unspecified atom stereocenters. The molecule has 6 aromatic carbocycles. The summed E-state index contributed by atoms with van der Waals surface area (Å²) in [6, 6.07) is 44.0. The van der Waals surface area contributed by atoms with Gasteiger partial charge < -0.3 is 42.5 Å². The summed E-state index contributed by atoms with van der Waals surface area (Å²) >= 11 is 6.84. The highest BCUT2D eigenvalue weighted by Gasteiger charge is 2.21. The first-order chi connectivity index (χ1) is 49.7. The lowest BCUT2D eigenvalue weighted by Crippen LogP contribution is -2.31. The molecule has 0 saturated carbocycles. The summed E-state index contributed by atoms with van der Waals surface area (Å²) < 4.78 is 5.84. The van der Waals surface area contributed by atoms with Crippen LogP contribution in [0.15, 0.2) is 140 Å². The summed E-state index contributed by atoms with van der Waals surface area (Å²) in [6.07, 6.45) is 5.02. The van der Waals surface area contributed by atoms with E-state index in [9.17, 15) is 38.9 Å². The molecular weight excluding hydrogens is 1510 g/mol. The van der Waals surface area contributed by atoms with E-state index in [0.717, 1.165) is 107 Å². The quantitative estimate of drug-likeness (QED) is 0.00416. The Bertz CT molecular complexity index is 3420. The summed E-state index contributed by atoms with van der Waals surface area (Å²) in [6.45, 7) is 8.16. The third-order valence-corrected chi connectivity index (χ3v) is 13.0. The summed E-state index contributed by atoms with van der Waals surface area (Å²) in [5.41, 5.74) is 16.8. The number of nitrogens with two attached hydrogens (primary N) is 2. The van der Waals surface area contributed by atoms with E-state index in [1.54, 1.807) is 26.0 Å². The molecule has 102 heavy (non-hydrogen) atoms. The molecular formula is C58H67ClIN9O33. The SMILES string of the molecule is CCOC(=O)NCCc1ccccc1.CCOOOOOOOOOOOOOOOOOOOOOOOOC(=O)Cl.NCCc1ccccc1.NNc1ccc2c(c1)C(=O)NCC2.O=C1NCCc2ccc(I)cc21.O=C1NCCc2ccc([N+](=O)[O-])cc21.O=C1NCCc2ccccc21. The number of nitrogen functional groups attached to an aromatic ring is 1. The Hall–Kier alpha value is -8.84. The van der Waals surface area contributed by atoms with E-state index in [-0.39, 0.29) is 42.0 Å². The van der Waals surface area contributed by atoms with Gasteiger partial charge in [0.1, 0.15) is 0 Å². The van der Waals surface area contributed by atoms with Gasteiger partial charge in [0, 0.05) is 159 Å². The standard InChI is InChI=1S/C11H15NO2.C9H8INO.C9H11N3O.C9H8N2O3.C9H9NO.C8H11N.C3H5ClO25/c1-2-14-11(13)12-9-8-10-6-4-3-5-7-10;10-7-2-1-6-3-4-11-9(12)8(6)5-7;10-12-7-2-1-6-3-4-11-9(13)8(6)5-7;12-9-8-5-7(11(13)14)2-1-6(8)3-4-10-9;11-9-8-4-2-1-3-7(8)5-6-10-9;9-7-6-8-4-2-1-3-5-8;1-2-6-8-10-12-14-16-18-20-22-24-26-28-29-27-25-23-21-19-17-15-13-11-9-7-3(4)5/h3-7H,2,8-9H2,1H3,(H,12,13);1-2,5H,3-4H2,(H,11,12);1-2,5,12H,3-4,10H2,(H,11,13);1-2,5H,3-4H2,(H,10,12);1-4H,5-6H2,(H,10,11);1-5H,6-7,9H2;2H2,1H3. The number of halogens is 2. The van der Waals surface area contributed by atoms with E-state index in [1.807, 2.05) is 103 Å². The molecule has 0 fully saturated rings. The predicted molar refractivity (Wildman–Crippen MR) is 339 cm³/mol. The van der Waals surface area contributed by atoms with Gasteiger partial charge in [0.15, 0.2) is 0 Å². The number of ether oxygens (including phenoxy) is 1. The van der Waals surface area contributed by atoms with Crippen LogP contribution in [0.5, 0.6) is 0 Å². The highest BCUT2D eigenvalue weighted by molar-refractivity contribution is 14.1. The Morgan fingerprint density at radius 1 is 0.490 bits per heavy atom. The van der Waals surface area contributed by atoms with Gasteiger partial charge in [-0.1, -0.05) is 97.1 Å². The molecule has 6 aromatic rings. The molecule has 5 amide bonds. The van der Waals surface area contributed by atoms with Gasteiger partial charge in [0.05, 0.1) is 18.1 Å². The van der Waals surface area contributed by atoms with Gasteiger partial charge in [-0.05, 0) is 186 Å². The molecule has 4 heterocycles. The van der Waals surface area contributed by atoms with Gasteiger partial charge in [0.25, 0.3) is 29.3 Å². The van der Waals surface area contributed by atoms with Crippen LogP contribution in [-0.2, 0) is 164 Å². The minimum absolute atomic E-state index is 0.0154. The van der Waals surface area contributed by atoms with E-state index in [2.05, 4.69) is 199 Å². The highest BCUT2D eigenvalue weighted by atomic mass is 127. The van der Waals surface area contributed by atoms with Crippen LogP contribution in [0.1, 0.15) is 88.7 Å².